The number of rotatable bonds is 0. The molecule has 0 amide bonds. The molecule has 2 aromatic carbocycles. The van der Waals surface area contributed by atoms with Gasteiger partial charge in [0.25, 0.3) is 0 Å². The van der Waals surface area contributed by atoms with E-state index in [0.717, 1.165) is 0 Å². The van der Waals surface area contributed by atoms with E-state index in [4.69, 9.17) is 0 Å². The van der Waals surface area contributed by atoms with E-state index in [9.17, 15) is 0 Å². The second-order valence-corrected chi connectivity index (χ2v) is 7.03. The van der Waals surface area contributed by atoms with Crippen molar-refractivity contribution in [3.63, 3.8) is 0 Å². The number of hydrogen-bond donors (Lipinski definition) is 0. The van der Waals surface area contributed by atoms with Crippen LogP contribution in [-0.2, 0) is 0 Å². The maximum atomic E-state index is 4.39. The summed E-state index contributed by atoms with van der Waals surface area (Å²) in [6.45, 7) is 0. The molecular weight excluding hydrogens is 304 g/mol. The average Bonchev–Trinajstić information content (AvgIpc) is 2.29. The van der Waals surface area contributed by atoms with Gasteiger partial charge < -0.3 is 0 Å². The molecule has 0 saturated carbocycles. The molecule has 0 N–H and O–H groups in total. The molecule has 2 aromatic rings. The van der Waals surface area contributed by atoms with Crippen molar-refractivity contribution in [3.05, 3.63) is 62.4 Å². The van der Waals surface area contributed by atoms with Gasteiger partial charge in [0, 0.05) is 0 Å². The van der Waals surface area contributed by atoms with Gasteiger partial charge in [-0.3, -0.25) is 0 Å². The first-order chi connectivity index (χ1) is 7.93. The third-order valence-corrected chi connectivity index (χ3v) is 6.24. The molecule has 16 heavy (non-hydrogen) atoms. The minimum absolute atomic E-state index is 0.483. The van der Waals surface area contributed by atoms with Crippen molar-refractivity contribution in [2.45, 2.75) is 0 Å². The molecule has 0 fully saturated rings. The predicted octanol–water partition coefficient (Wildman–Crippen LogP) is 1.14. The molecule has 0 unspecified atom stereocenters. The van der Waals surface area contributed by atoms with E-state index in [1.165, 1.54) is 17.4 Å². The standard InChI is InChI=1S/C14H10N.Sb/c1-3-7-13(8-4-1)11-15-12-14-9-5-2-6-10-14;/h1-7,9,11-12H;/b13-11-,15-12?;. The fourth-order valence-corrected chi connectivity index (χ4v) is 4.87. The summed E-state index contributed by atoms with van der Waals surface area (Å²) in [6.07, 6.45) is 3.95. The summed E-state index contributed by atoms with van der Waals surface area (Å²) in [5.41, 5.74) is 1.28. The Hall–Kier alpha value is -1.20. The van der Waals surface area contributed by atoms with Crippen LogP contribution in [0, 0.1) is 3.09 Å². The zero-order valence-corrected chi connectivity index (χ0v) is 11.2. The molecule has 1 aliphatic rings. The first kappa shape index (κ1) is 9.98. The van der Waals surface area contributed by atoms with E-state index in [2.05, 4.69) is 53.5 Å². The van der Waals surface area contributed by atoms with E-state index in [1.807, 2.05) is 12.4 Å². The number of benzene rings is 2. The second kappa shape index (κ2) is 4.35. The van der Waals surface area contributed by atoms with Crippen LogP contribution in [0.5, 0.6) is 0 Å². The van der Waals surface area contributed by atoms with Crippen LogP contribution in [0.4, 0.5) is 0 Å². The first-order valence-electron chi connectivity index (χ1n) is 5.20. The summed E-state index contributed by atoms with van der Waals surface area (Å²) < 4.78 is 2.98. The van der Waals surface area contributed by atoms with Crippen molar-refractivity contribution in [1.29, 1.82) is 0 Å². The van der Waals surface area contributed by atoms with Gasteiger partial charge >= 0.3 is 104 Å². The van der Waals surface area contributed by atoms with Crippen LogP contribution in [-0.4, -0.2) is 27.4 Å². The topological polar surface area (TPSA) is 12.4 Å². The van der Waals surface area contributed by atoms with E-state index in [1.54, 1.807) is 0 Å². The fourth-order valence-electron chi connectivity index (χ4n) is 1.72. The van der Waals surface area contributed by atoms with E-state index < -0.39 is 21.1 Å². The summed E-state index contributed by atoms with van der Waals surface area (Å²) in [7, 11) is 0. The predicted molar refractivity (Wildman–Crippen MR) is 68.8 cm³/mol. The molecule has 2 heteroatoms. The van der Waals surface area contributed by atoms with Gasteiger partial charge in [-0.25, -0.2) is 0 Å². The van der Waals surface area contributed by atoms with Gasteiger partial charge in [0.2, 0.25) is 0 Å². The molecule has 3 rings (SSSR count). The quantitative estimate of drug-likeness (QED) is 0.647. The van der Waals surface area contributed by atoms with Gasteiger partial charge in [-0.2, -0.15) is 0 Å². The van der Waals surface area contributed by atoms with Crippen molar-refractivity contribution < 1.29 is 0 Å². The van der Waals surface area contributed by atoms with E-state index >= 15 is 0 Å². The van der Waals surface area contributed by atoms with Crippen LogP contribution in [0.3, 0.4) is 0 Å². The Labute approximate surface area is 104 Å². The minimum atomic E-state index is -0.483. The Kier molecular flexibility index (Phi) is 2.71. The van der Waals surface area contributed by atoms with Crippen LogP contribution >= 0.6 is 0 Å². The van der Waals surface area contributed by atoms with Crippen LogP contribution in [0.15, 0.2) is 53.5 Å². The van der Waals surface area contributed by atoms with Gasteiger partial charge in [0.1, 0.15) is 0 Å². The van der Waals surface area contributed by atoms with Crippen LogP contribution in [0.2, 0.25) is 0 Å². The Balaban J connectivity index is 2.39. The van der Waals surface area contributed by atoms with Crippen molar-refractivity contribution in [1.82, 2.24) is 0 Å². The molecule has 0 aromatic heterocycles. The molecule has 0 saturated heterocycles. The van der Waals surface area contributed by atoms with Crippen LogP contribution in [0.1, 0.15) is 5.56 Å². The Morgan fingerprint density at radius 3 is 2.69 bits per heavy atom. The summed E-state index contributed by atoms with van der Waals surface area (Å²) in [4.78, 5) is 4.39. The third kappa shape index (κ3) is 1.88. The first-order valence-corrected chi connectivity index (χ1v) is 7.75. The summed E-state index contributed by atoms with van der Waals surface area (Å²) in [5.74, 6) is 0. The van der Waals surface area contributed by atoms with Crippen LogP contribution in [0.25, 0.3) is 6.20 Å². The SMILES string of the molecule is C1=N/C=c2/cccc[c]2=[Sb][c]2ccccc21. The molecule has 76 valence electrons. The maximum absolute atomic E-state index is 4.39. The molecule has 1 heterocycles. The monoisotopic (exact) mass is 313 g/mol. The fraction of sp³-hybridized carbons (Fsp3) is 0. The van der Waals surface area contributed by atoms with Crippen molar-refractivity contribution in [2.24, 2.45) is 4.99 Å². The van der Waals surface area contributed by atoms with Crippen molar-refractivity contribution in [3.8, 4) is 0 Å². The average molecular weight is 314 g/mol. The van der Waals surface area contributed by atoms with Gasteiger partial charge in [-0.15, -0.1) is 0 Å². The van der Waals surface area contributed by atoms with Gasteiger partial charge in [0.15, 0.2) is 0 Å². The summed E-state index contributed by atoms with van der Waals surface area (Å²) in [6, 6.07) is 17.2. The summed E-state index contributed by atoms with van der Waals surface area (Å²) in [5, 5.41) is 1.28. The Bertz CT molecular complexity index is 671. The second-order valence-electron chi connectivity index (χ2n) is 3.64. The molecular formula is C14H10NSb. The van der Waals surface area contributed by atoms with Gasteiger partial charge in [-0.05, 0) is 0 Å². The number of fused-ring (bicyclic) bond motifs is 2. The zero-order valence-electron chi connectivity index (χ0n) is 8.67. The Morgan fingerprint density at radius 2 is 1.69 bits per heavy atom. The molecule has 1 nitrogen and oxygen atoms in total. The molecule has 0 aliphatic carbocycles. The Morgan fingerprint density at radius 1 is 0.875 bits per heavy atom. The molecule has 0 spiro atoms. The molecule has 1 aliphatic heterocycles. The number of nitrogens with zero attached hydrogens (tertiary/aromatic N) is 1. The number of hydrogen-bond acceptors (Lipinski definition) is 1. The normalized spacial score (nSPS) is 14.6. The zero-order chi connectivity index (χ0) is 10.8. The van der Waals surface area contributed by atoms with Gasteiger partial charge in [0.05, 0.1) is 0 Å². The number of aliphatic imine (C=N–C) groups is 1. The molecule has 0 atom stereocenters. The molecule has 0 bridgehead atoms. The molecule has 0 radical (unpaired) electrons. The van der Waals surface area contributed by atoms with Crippen LogP contribution < -0.4 is 8.73 Å². The summed E-state index contributed by atoms with van der Waals surface area (Å²) >= 11 is -0.483. The van der Waals surface area contributed by atoms with Gasteiger partial charge in [-0.1, -0.05) is 0 Å². The van der Waals surface area contributed by atoms with E-state index in [0.29, 0.717) is 0 Å². The van der Waals surface area contributed by atoms with Crippen molar-refractivity contribution in [2.75, 3.05) is 0 Å². The van der Waals surface area contributed by atoms with Crippen molar-refractivity contribution >= 4 is 37.1 Å². The van der Waals surface area contributed by atoms with E-state index in [-0.39, 0.29) is 0 Å². The third-order valence-electron chi connectivity index (χ3n) is 2.54.